The van der Waals surface area contributed by atoms with Crippen molar-refractivity contribution in [3.05, 3.63) is 38.3 Å². The fraction of sp³-hybridized carbons (Fsp3) is 0.500. The molecule has 2 rings (SSSR count). The number of amides is 2. The van der Waals surface area contributed by atoms with E-state index in [1.807, 2.05) is 0 Å². The fourth-order valence-electron chi connectivity index (χ4n) is 3.00. The minimum atomic E-state index is -1.37. The lowest BCUT2D eigenvalue weighted by atomic mass is 9.87. The second-order valence-corrected chi connectivity index (χ2v) is 8.04. The molecule has 0 fully saturated rings. The predicted octanol–water partition coefficient (Wildman–Crippen LogP) is 3.27. The molecule has 0 aliphatic carbocycles. The molecule has 1 heterocycles. The Morgan fingerprint density at radius 3 is 2.54 bits per heavy atom. The summed E-state index contributed by atoms with van der Waals surface area (Å²) in [6.07, 6.45) is -0.920. The molecule has 0 saturated carbocycles. The summed E-state index contributed by atoms with van der Waals surface area (Å²) in [6, 6.07) is 4.80. The molecule has 0 radical (unpaired) electrons. The van der Waals surface area contributed by atoms with E-state index in [4.69, 9.17) is 9.47 Å². The zero-order valence-corrected chi connectivity index (χ0v) is 17.5. The zero-order valence-electron chi connectivity index (χ0n) is 15.9. The molecular formula is C18H21BrN2O7. The number of fused-ring (bicyclic) bond motifs is 1. The first-order chi connectivity index (χ1) is 13.0. The standard InChI is InChI=1S/C18H21BrN2O7/c1-5-27-16(23)11(9-20(25)26)13-10-7-6-8-12(19)14(10)21(15(13)22)17(24)28-18(2,3)4/h6-8,11,13H,5,9H2,1-4H3/t11-,13+/m0/s1. The molecule has 0 unspecified atom stereocenters. The summed E-state index contributed by atoms with van der Waals surface area (Å²) in [7, 11) is 0. The molecule has 1 aliphatic rings. The molecule has 1 aliphatic heterocycles. The van der Waals surface area contributed by atoms with Crippen LogP contribution in [0.1, 0.15) is 39.2 Å². The number of imide groups is 1. The van der Waals surface area contributed by atoms with Gasteiger partial charge in [-0.1, -0.05) is 12.1 Å². The molecular weight excluding hydrogens is 436 g/mol. The number of para-hydroxylation sites is 1. The van der Waals surface area contributed by atoms with Crippen LogP contribution in [-0.4, -0.2) is 41.6 Å². The number of ether oxygens (including phenoxy) is 2. The maximum atomic E-state index is 13.1. The van der Waals surface area contributed by atoms with Crippen LogP contribution in [0.3, 0.4) is 0 Å². The predicted molar refractivity (Wildman–Crippen MR) is 103 cm³/mol. The molecule has 2 amide bonds. The van der Waals surface area contributed by atoms with Crippen molar-refractivity contribution in [3.8, 4) is 0 Å². The highest BCUT2D eigenvalue weighted by Crippen LogP contribution is 2.46. The van der Waals surface area contributed by atoms with Crippen molar-refractivity contribution in [3.63, 3.8) is 0 Å². The van der Waals surface area contributed by atoms with E-state index >= 15 is 0 Å². The number of hydrogen-bond donors (Lipinski definition) is 0. The van der Waals surface area contributed by atoms with Crippen LogP contribution in [0.15, 0.2) is 22.7 Å². The third-order valence-corrected chi connectivity index (χ3v) is 4.62. The molecule has 10 heteroatoms. The van der Waals surface area contributed by atoms with Gasteiger partial charge < -0.3 is 9.47 Å². The minimum absolute atomic E-state index is 0.00901. The van der Waals surface area contributed by atoms with Gasteiger partial charge in [0.15, 0.2) is 0 Å². The maximum absolute atomic E-state index is 13.1. The molecule has 152 valence electrons. The summed E-state index contributed by atoms with van der Waals surface area (Å²) in [5.74, 6) is -4.24. The van der Waals surface area contributed by atoms with Crippen LogP contribution in [0.5, 0.6) is 0 Å². The van der Waals surface area contributed by atoms with E-state index in [0.717, 1.165) is 4.90 Å². The van der Waals surface area contributed by atoms with E-state index in [0.29, 0.717) is 10.0 Å². The Balaban J connectivity index is 2.56. The number of halogens is 1. The Morgan fingerprint density at radius 2 is 2.00 bits per heavy atom. The largest absolute Gasteiger partial charge is 0.466 e. The second-order valence-electron chi connectivity index (χ2n) is 7.18. The van der Waals surface area contributed by atoms with Gasteiger partial charge >= 0.3 is 12.1 Å². The third-order valence-electron chi connectivity index (χ3n) is 3.98. The summed E-state index contributed by atoms with van der Waals surface area (Å²) < 4.78 is 10.7. The Morgan fingerprint density at radius 1 is 1.36 bits per heavy atom. The maximum Gasteiger partial charge on any atom is 0.421 e. The van der Waals surface area contributed by atoms with Gasteiger partial charge in [-0.2, -0.15) is 0 Å². The number of benzene rings is 1. The topological polar surface area (TPSA) is 116 Å². The van der Waals surface area contributed by atoms with Crippen LogP contribution in [0, 0.1) is 16.0 Å². The summed E-state index contributed by atoms with van der Waals surface area (Å²) >= 11 is 3.31. The highest BCUT2D eigenvalue weighted by molar-refractivity contribution is 9.10. The normalized spacial score (nSPS) is 17.1. The number of carbonyl (C=O) groups is 3. The number of rotatable bonds is 5. The van der Waals surface area contributed by atoms with Gasteiger partial charge in [0.05, 0.1) is 18.2 Å². The molecule has 0 bridgehead atoms. The van der Waals surface area contributed by atoms with Crippen molar-refractivity contribution in [1.82, 2.24) is 0 Å². The van der Waals surface area contributed by atoms with Crippen molar-refractivity contribution < 1.29 is 28.8 Å². The van der Waals surface area contributed by atoms with E-state index in [9.17, 15) is 24.5 Å². The average molecular weight is 457 g/mol. The molecule has 1 aromatic carbocycles. The Labute approximate surface area is 170 Å². The smallest absolute Gasteiger partial charge is 0.421 e. The lowest BCUT2D eigenvalue weighted by Gasteiger charge is -2.24. The summed E-state index contributed by atoms with van der Waals surface area (Å²) in [5, 5.41) is 11.1. The first-order valence-corrected chi connectivity index (χ1v) is 9.41. The van der Waals surface area contributed by atoms with Gasteiger partial charge in [0.2, 0.25) is 12.5 Å². The highest BCUT2D eigenvalue weighted by atomic mass is 79.9. The molecule has 9 nitrogen and oxygen atoms in total. The van der Waals surface area contributed by atoms with Crippen molar-refractivity contribution in [1.29, 1.82) is 0 Å². The van der Waals surface area contributed by atoms with E-state index in [2.05, 4.69) is 15.9 Å². The van der Waals surface area contributed by atoms with Crippen molar-refractivity contribution in [2.75, 3.05) is 18.1 Å². The number of hydrogen-bond acceptors (Lipinski definition) is 7. The summed E-state index contributed by atoms with van der Waals surface area (Å²) in [6.45, 7) is 5.72. The van der Waals surface area contributed by atoms with Crippen molar-refractivity contribution in [2.45, 2.75) is 39.2 Å². The van der Waals surface area contributed by atoms with Gasteiger partial charge in [-0.15, -0.1) is 0 Å². The van der Waals surface area contributed by atoms with Crippen molar-refractivity contribution >= 4 is 39.6 Å². The van der Waals surface area contributed by atoms with Gasteiger partial charge in [-0.3, -0.25) is 19.7 Å². The van der Waals surface area contributed by atoms with Gasteiger partial charge in [-0.05, 0) is 55.3 Å². The first kappa shape index (κ1) is 21.8. The van der Waals surface area contributed by atoms with Gasteiger partial charge in [-0.25, -0.2) is 9.69 Å². The molecule has 1 aromatic rings. The molecule has 28 heavy (non-hydrogen) atoms. The van der Waals surface area contributed by atoms with Gasteiger partial charge in [0.1, 0.15) is 11.5 Å². The lowest BCUT2D eigenvalue weighted by molar-refractivity contribution is -0.486. The summed E-state index contributed by atoms with van der Waals surface area (Å²) in [4.78, 5) is 49.5. The number of anilines is 1. The van der Waals surface area contributed by atoms with E-state index in [-0.39, 0.29) is 12.3 Å². The van der Waals surface area contributed by atoms with Crippen LogP contribution in [0.4, 0.5) is 10.5 Å². The molecule has 2 atom stereocenters. The third kappa shape index (κ3) is 4.49. The Hall–Kier alpha value is -2.49. The highest BCUT2D eigenvalue weighted by Gasteiger charge is 2.51. The van der Waals surface area contributed by atoms with Crippen LogP contribution in [-0.2, 0) is 19.1 Å². The van der Waals surface area contributed by atoms with E-state index in [1.54, 1.807) is 45.9 Å². The SMILES string of the molecule is CCOC(=O)[C@@H](C[N+](=O)[O-])[C@@H]1C(=O)N(C(=O)OC(C)(C)C)c2c(Br)cccc21. The molecule has 0 saturated heterocycles. The number of carbonyl (C=O) groups excluding carboxylic acids is 3. The number of nitro groups is 1. The number of nitrogens with zero attached hydrogens (tertiary/aromatic N) is 2. The summed E-state index contributed by atoms with van der Waals surface area (Å²) in [5.41, 5.74) is -0.326. The van der Waals surface area contributed by atoms with E-state index in [1.165, 1.54) is 0 Å². The quantitative estimate of drug-likeness (QED) is 0.379. The Bertz CT molecular complexity index is 819. The molecule has 0 aromatic heterocycles. The number of esters is 1. The molecule has 0 N–H and O–H groups in total. The van der Waals surface area contributed by atoms with Gasteiger partial charge in [0.25, 0.3) is 0 Å². The second kappa shape index (κ2) is 8.26. The fourth-order valence-corrected chi connectivity index (χ4v) is 3.56. The lowest BCUT2D eigenvalue weighted by Crippen LogP contribution is -2.42. The zero-order chi connectivity index (χ0) is 21.2. The Kier molecular flexibility index (Phi) is 6.43. The van der Waals surface area contributed by atoms with Crippen molar-refractivity contribution in [2.24, 2.45) is 5.92 Å². The van der Waals surface area contributed by atoms with Crippen LogP contribution >= 0.6 is 15.9 Å². The van der Waals surface area contributed by atoms with Gasteiger partial charge in [0, 0.05) is 9.40 Å². The van der Waals surface area contributed by atoms with Crippen LogP contribution in [0.25, 0.3) is 0 Å². The van der Waals surface area contributed by atoms with Crippen LogP contribution < -0.4 is 4.90 Å². The monoisotopic (exact) mass is 456 g/mol. The average Bonchev–Trinajstić information content (AvgIpc) is 2.84. The molecule has 0 spiro atoms. The minimum Gasteiger partial charge on any atom is -0.466 e. The van der Waals surface area contributed by atoms with Crippen LogP contribution in [0.2, 0.25) is 0 Å². The van der Waals surface area contributed by atoms with E-state index < -0.39 is 46.9 Å². The first-order valence-electron chi connectivity index (χ1n) is 8.61.